The van der Waals surface area contributed by atoms with E-state index in [4.69, 9.17) is 33.2 Å². The maximum absolute atomic E-state index is 13.5. The normalized spacial score (nSPS) is 16.2. The Morgan fingerprint density at radius 2 is 1.25 bits per heavy atom. The molecule has 7 aromatic rings. The summed E-state index contributed by atoms with van der Waals surface area (Å²) in [4.78, 5) is 41.0. The Morgan fingerprint density at radius 1 is 0.746 bits per heavy atom. The van der Waals surface area contributed by atoms with Gasteiger partial charge < -0.3 is 28.6 Å². The number of para-hydroxylation sites is 2. The van der Waals surface area contributed by atoms with Crippen LogP contribution in [0.1, 0.15) is 63.5 Å². The first-order chi connectivity index (χ1) is 34.6. The average molecular weight is 976 g/mol. The van der Waals surface area contributed by atoms with Gasteiger partial charge >= 0.3 is 0 Å². The molecule has 8 rings (SSSR count). The molecule has 3 heterocycles. The number of benzene rings is 5. The number of hydrogen-bond donors (Lipinski definition) is 3. The lowest BCUT2D eigenvalue weighted by Crippen LogP contribution is -2.53. The van der Waals surface area contributed by atoms with Gasteiger partial charge in [0.15, 0.2) is 30.2 Å². The summed E-state index contributed by atoms with van der Waals surface area (Å²) in [7, 11) is -1.63. The second-order valence-electron chi connectivity index (χ2n) is 17.3. The molecule has 0 saturated carbocycles. The van der Waals surface area contributed by atoms with Crippen molar-refractivity contribution < 1.29 is 32.8 Å². The number of nitrogens with one attached hydrogen (secondary N) is 3. The van der Waals surface area contributed by atoms with Crippen LogP contribution in [0.3, 0.4) is 0 Å². The van der Waals surface area contributed by atoms with Crippen LogP contribution >= 0.6 is 8.53 Å². The highest BCUT2D eigenvalue weighted by atomic mass is 31.2. The van der Waals surface area contributed by atoms with Crippen molar-refractivity contribution in [3.8, 4) is 17.6 Å². The number of amides is 2. The fourth-order valence-corrected chi connectivity index (χ4v) is 10.3. The lowest BCUT2D eigenvalue weighted by Gasteiger charge is -2.40. The van der Waals surface area contributed by atoms with E-state index in [1.807, 2.05) is 91.0 Å². The predicted molar refractivity (Wildman–Crippen MR) is 272 cm³/mol. The van der Waals surface area contributed by atoms with Gasteiger partial charge in [-0.1, -0.05) is 127 Å². The topological polar surface area (TPSA) is 187 Å². The number of imidazole rings is 1. The van der Waals surface area contributed by atoms with Crippen LogP contribution in [-0.4, -0.2) is 86.7 Å². The summed E-state index contributed by atoms with van der Waals surface area (Å²) in [5.74, 6) is -0.0259. The minimum atomic E-state index is -1.63. The molecule has 1 aliphatic heterocycles. The molecule has 5 aromatic carbocycles. The van der Waals surface area contributed by atoms with Crippen LogP contribution in [0, 0.1) is 11.3 Å². The van der Waals surface area contributed by atoms with Crippen molar-refractivity contribution >= 4 is 43.3 Å². The fraction of sp³-hybridized carbons (Fsp3) is 0.296. The molecule has 3 N–H and O–H groups in total. The smallest absolute Gasteiger partial charge is 0.264 e. The molecular formula is C54H58N9O7P. The van der Waals surface area contributed by atoms with Crippen LogP contribution in [0.5, 0.6) is 11.5 Å². The number of rotatable bonds is 23. The van der Waals surface area contributed by atoms with Crippen molar-refractivity contribution in [3.05, 3.63) is 175 Å². The monoisotopic (exact) mass is 975 g/mol. The number of fused-ring (bicyclic) bond motifs is 1. The molecular weight excluding hydrogens is 918 g/mol. The summed E-state index contributed by atoms with van der Waals surface area (Å²) in [6.45, 7) is 8.07. The molecule has 4 atom stereocenters. The molecule has 0 spiro atoms. The highest BCUT2D eigenvalue weighted by Gasteiger charge is 2.45. The highest BCUT2D eigenvalue weighted by molar-refractivity contribution is 7.44. The zero-order chi connectivity index (χ0) is 49.6. The van der Waals surface area contributed by atoms with Crippen LogP contribution in [0.25, 0.3) is 11.2 Å². The molecule has 2 amide bonds. The number of hydrogen-bond acceptors (Lipinski definition) is 13. The first-order valence-corrected chi connectivity index (χ1v) is 24.8. The second-order valence-corrected chi connectivity index (χ2v) is 18.8. The van der Waals surface area contributed by atoms with E-state index < -0.39 is 44.3 Å². The molecule has 366 valence electrons. The number of ether oxygens (including phenoxy) is 3. The zero-order valence-electron chi connectivity index (χ0n) is 40.1. The molecule has 16 nitrogen and oxygen atoms in total. The van der Waals surface area contributed by atoms with Gasteiger partial charge in [0, 0.05) is 24.5 Å². The van der Waals surface area contributed by atoms with E-state index in [0.717, 1.165) is 16.7 Å². The van der Waals surface area contributed by atoms with Crippen molar-refractivity contribution in [1.82, 2.24) is 29.5 Å². The summed E-state index contributed by atoms with van der Waals surface area (Å²) in [6.07, 6.45) is 0.910. The van der Waals surface area contributed by atoms with Gasteiger partial charge in [-0.05, 0) is 68.7 Å². The van der Waals surface area contributed by atoms with Crippen molar-refractivity contribution in [2.24, 2.45) is 0 Å². The second kappa shape index (κ2) is 24.2. The maximum Gasteiger partial charge on any atom is 0.264 e. The van der Waals surface area contributed by atoms with Gasteiger partial charge in [-0.3, -0.25) is 24.8 Å². The maximum atomic E-state index is 13.5. The quantitative estimate of drug-likeness (QED) is 0.0313. The third kappa shape index (κ3) is 12.5. The van der Waals surface area contributed by atoms with E-state index >= 15 is 0 Å². The first-order valence-electron chi connectivity index (χ1n) is 23.6. The van der Waals surface area contributed by atoms with E-state index in [2.05, 4.69) is 95.8 Å². The number of aromatic nitrogens is 4. The Bertz CT molecular complexity index is 2730. The van der Waals surface area contributed by atoms with Gasteiger partial charge in [-0.15, -0.1) is 0 Å². The van der Waals surface area contributed by atoms with Gasteiger partial charge in [0.25, 0.3) is 20.3 Å². The molecule has 17 heteroatoms. The van der Waals surface area contributed by atoms with Gasteiger partial charge in [0.1, 0.15) is 17.7 Å². The molecule has 1 saturated heterocycles. The third-order valence-corrected chi connectivity index (χ3v) is 13.8. The van der Waals surface area contributed by atoms with Crippen molar-refractivity contribution in [3.63, 3.8) is 0 Å². The van der Waals surface area contributed by atoms with Crippen LogP contribution in [-0.2, 0) is 28.9 Å². The highest BCUT2D eigenvalue weighted by Crippen LogP contribution is 2.48. The number of carbonyl (C=O) groups is 2. The number of anilines is 2. The summed E-state index contributed by atoms with van der Waals surface area (Å²) < 4.78 is 35.7. The Hall–Kier alpha value is -7.09. The molecule has 0 bridgehead atoms. The molecule has 0 radical (unpaired) electrons. The van der Waals surface area contributed by atoms with Gasteiger partial charge in [-0.2, -0.15) is 15.2 Å². The van der Waals surface area contributed by atoms with E-state index in [1.54, 1.807) is 35.2 Å². The first kappa shape index (κ1) is 50.3. The third-order valence-electron chi connectivity index (χ3n) is 11.7. The van der Waals surface area contributed by atoms with E-state index in [1.165, 1.54) is 0 Å². The summed E-state index contributed by atoms with van der Waals surface area (Å²) in [5, 5.41) is 19.2. The fourth-order valence-electron chi connectivity index (χ4n) is 8.68. The van der Waals surface area contributed by atoms with Gasteiger partial charge in [0.2, 0.25) is 5.95 Å². The van der Waals surface area contributed by atoms with Crippen LogP contribution < -0.4 is 25.4 Å². The van der Waals surface area contributed by atoms with E-state index in [9.17, 15) is 14.9 Å². The largest absolute Gasteiger partial charge is 0.484 e. The van der Waals surface area contributed by atoms with E-state index in [-0.39, 0.29) is 67.9 Å². The predicted octanol–water partition coefficient (Wildman–Crippen LogP) is 9.39. The Labute approximate surface area is 415 Å². The molecule has 1 aliphatic rings. The molecule has 71 heavy (non-hydrogen) atoms. The lowest BCUT2D eigenvalue weighted by atomic mass is 9.76. The number of carbonyl (C=O) groups excluding carboxylic acids is 2. The summed E-state index contributed by atoms with van der Waals surface area (Å²) in [6, 6.07) is 50.9. The molecule has 1 fully saturated rings. The molecule has 2 aromatic heterocycles. The molecule has 1 unspecified atom stereocenters. The number of nitrogens with zero attached hydrogens (tertiary/aromatic N) is 6. The Kier molecular flexibility index (Phi) is 17.1. The Balaban J connectivity index is 1.18. The lowest BCUT2D eigenvalue weighted by molar-refractivity contribution is -0.118. The van der Waals surface area contributed by atoms with Crippen molar-refractivity contribution in [2.45, 2.75) is 76.5 Å². The summed E-state index contributed by atoms with van der Waals surface area (Å²) >= 11 is 0. The zero-order valence-corrected chi connectivity index (χ0v) is 41.0. The minimum absolute atomic E-state index is 0.0566. The van der Waals surface area contributed by atoms with Gasteiger partial charge in [0.05, 0.1) is 43.7 Å². The van der Waals surface area contributed by atoms with Gasteiger partial charge in [-0.25, -0.2) is 9.65 Å². The minimum Gasteiger partial charge on any atom is -0.484 e. The van der Waals surface area contributed by atoms with Crippen molar-refractivity contribution in [2.75, 3.05) is 37.1 Å². The SMILES string of the molecule is CC(C)N(C(C)C)P(OCCC#N)OC[C@H]1O[C@@H](n2cnc3c(NC(=O)COc4ccccc4)nc(NC(=O)COc4ccccc4)nc32)C[C@@H]1NC(c1ccccc1)(c1ccccc1)c1ccccc1. The van der Waals surface area contributed by atoms with Crippen LogP contribution in [0.2, 0.25) is 0 Å². The van der Waals surface area contributed by atoms with Crippen molar-refractivity contribution in [1.29, 1.82) is 5.26 Å². The summed E-state index contributed by atoms with van der Waals surface area (Å²) in [5.41, 5.74) is 2.72. The molecule has 0 aliphatic carbocycles. The Morgan fingerprint density at radius 3 is 1.76 bits per heavy atom. The van der Waals surface area contributed by atoms with Crippen LogP contribution in [0.4, 0.5) is 11.8 Å². The number of nitriles is 1. The standard InChI is InChI=1S/C54H58N9O7P/c1-38(2)63(39(3)4)71(68-32-20-31-55)69-34-46-45(61-54(40-21-10-5-11-22-40,41-23-12-6-13-24-41)42-25-14-7-15-26-42)33-49(70-46)62-37-56-50-51(57-47(64)35-66-43-27-16-8-17-28-43)59-53(60-52(50)62)58-48(65)36-67-44-29-18-9-19-30-44/h5-19,21-30,37-39,45-46,49,61H,20,32-36H2,1-4H3,(H2,57,58,59,60,64,65)/t45-,46+,49+,71?/m0/s1. The van der Waals surface area contributed by atoms with Crippen LogP contribution in [0.15, 0.2) is 158 Å². The average Bonchev–Trinajstić information content (AvgIpc) is 4.01. The van der Waals surface area contributed by atoms with E-state index in [0.29, 0.717) is 17.9 Å².